The number of likely N-dealkylation sites (tertiary alicyclic amines) is 1. The van der Waals surface area contributed by atoms with Gasteiger partial charge in [0, 0.05) is 42.9 Å². The minimum atomic E-state index is -0.0736. The maximum absolute atomic E-state index is 13.3. The van der Waals surface area contributed by atoms with Crippen LogP contribution in [0, 0.1) is 0 Å². The predicted molar refractivity (Wildman–Crippen MR) is 124 cm³/mol. The molecule has 1 aromatic carbocycles. The molecule has 2 amide bonds. The van der Waals surface area contributed by atoms with Gasteiger partial charge in [0.05, 0.1) is 10.4 Å². The molecule has 4 heterocycles. The van der Waals surface area contributed by atoms with Crippen LogP contribution >= 0.6 is 11.3 Å². The lowest BCUT2D eigenvalue weighted by molar-refractivity contribution is 0.0736. The molecule has 1 fully saturated rings. The Balaban J connectivity index is 1.41. The molecule has 0 bridgehead atoms. The Labute approximate surface area is 189 Å². The standard InChI is InChI=1S/C24H23N5O2S/c1-25-23(30)22-19(18-7-2-3-8-20(18)32-22)14-17-6-4-12-28(17)24(31)16-9-10-21(26-15-16)29-13-5-11-27-29/h2-3,5,7-11,13,15,17H,4,6,12,14H2,1H3,(H,25,30). The molecule has 0 aliphatic carbocycles. The third-order valence-corrected chi connectivity index (χ3v) is 7.16. The molecule has 1 N–H and O–H groups in total. The highest BCUT2D eigenvalue weighted by Gasteiger charge is 2.32. The van der Waals surface area contributed by atoms with Gasteiger partial charge >= 0.3 is 0 Å². The first-order valence-electron chi connectivity index (χ1n) is 10.6. The van der Waals surface area contributed by atoms with Crippen molar-refractivity contribution < 1.29 is 9.59 Å². The van der Waals surface area contributed by atoms with Crippen molar-refractivity contribution in [2.45, 2.75) is 25.3 Å². The third-order valence-electron chi connectivity index (χ3n) is 5.94. The summed E-state index contributed by atoms with van der Waals surface area (Å²) in [4.78, 5) is 32.9. The summed E-state index contributed by atoms with van der Waals surface area (Å²) < 4.78 is 2.75. The van der Waals surface area contributed by atoms with Crippen LogP contribution in [0.4, 0.5) is 0 Å². The van der Waals surface area contributed by atoms with E-state index in [1.165, 1.54) is 11.3 Å². The van der Waals surface area contributed by atoms with Crippen molar-refractivity contribution in [3.8, 4) is 5.82 Å². The van der Waals surface area contributed by atoms with Crippen LogP contribution in [0.5, 0.6) is 0 Å². The summed E-state index contributed by atoms with van der Waals surface area (Å²) in [5.41, 5.74) is 1.59. The van der Waals surface area contributed by atoms with E-state index in [-0.39, 0.29) is 17.9 Å². The molecule has 4 aromatic rings. The SMILES string of the molecule is CNC(=O)c1sc2ccccc2c1CC1CCCN1C(=O)c1ccc(-n2cccn2)nc1. The van der Waals surface area contributed by atoms with E-state index in [1.807, 2.05) is 35.4 Å². The lowest BCUT2D eigenvalue weighted by atomic mass is 10.00. The topological polar surface area (TPSA) is 80.1 Å². The average molecular weight is 446 g/mol. The van der Waals surface area contributed by atoms with Crippen molar-refractivity contribution in [2.24, 2.45) is 0 Å². The van der Waals surface area contributed by atoms with E-state index in [9.17, 15) is 9.59 Å². The maximum Gasteiger partial charge on any atom is 0.261 e. The van der Waals surface area contributed by atoms with Crippen LogP contribution < -0.4 is 5.32 Å². The number of rotatable bonds is 5. The summed E-state index contributed by atoms with van der Waals surface area (Å²) in [5, 5.41) is 8.03. The Morgan fingerprint density at radius 3 is 2.81 bits per heavy atom. The van der Waals surface area contributed by atoms with Crippen LogP contribution in [0.25, 0.3) is 15.9 Å². The molecule has 0 spiro atoms. The Morgan fingerprint density at radius 1 is 1.19 bits per heavy atom. The van der Waals surface area contributed by atoms with Gasteiger partial charge in [0.25, 0.3) is 11.8 Å². The zero-order valence-electron chi connectivity index (χ0n) is 17.7. The van der Waals surface area contributed by atoms with Crippen LogP contribution in [0.3, 0.4) is 0 Å². The predicted octanol–water partition coefficient (Wildman–Crippen LogP) is 3.69. The number of hydrogen-bond acceptors (Lipinski definition) is 5. The van der Waals surface area contributed by atoms with Crippen LogP contribution in [0.2, 0.25) is 0 Å². The molecule has 1 atom stereocenters. The number of hydrogen-bond donors (Lipinski definition) is 1. The highest BCUT2D eigenvalue weighted by molar-refractivity contribution is 7.21. The number of benzene rings is 1. The minimum absolute atomic E-state index is 0.0203. The second-order valence-corrected chi connectivity index (χ2v) is 8.89. The van der Waals surface area contributed by atoms with Crippen LogP contribution in [-0.2, 0) is 6.42 Å². The summed E-state index contributed by atoms with van der Waals surface area (Å²) in [5.74, 6) is 0.577. The van der Waals surface area contributed by atoms with Gasteiger partial charge in [0.15, 0.2) is 5.82 Å². The molecule has 0 saturated carbocycles. The number of nitrogens with zero attached hydrogens (tertiary/aromatic N) is 4. The van der Waals surface area contributed by atoms with E-state index in [0.29, 0.717) is 24.3 Å². The lowest BCUT2D eigenvalue weighted by Crippen LogP contribution is -2.37. The quantitative estimate of drug-likeness (QED) is 0.508. The number of pyridine rings is 1. The van der Waals surface area contributed by atoms with Crippen molar-refractivity contribution in [1.29, 1.82) is 0 Å². The molecule has 7 nitrogen and oxygen atoms in total. The van der Waals surface area contributed by atoms with Gasteiger partial charge in [-0.1, -0.05) is 18.2 Å². The molecule has 8 heteroatoms. The van der Waals surface area contributed by atoms with E-state index in [4.69, 9.17) is 0 Å². The van der Waals surface area contributed by atoms with Crippen molar-refractivity contribution in [2.75, 3.05) is 13.6 Å². The van der Waals surface area contributed by atoms with Gasteiger partial charge < -0.3 is 10.2 Å². The number of carbonyl (C=O) groups excluding carboxylic acids is 2. The normalized spacial score (nSPS) is 15.9. The monoisotopic (exact) mass is 445 g/mol. The Kier molecular flexibility index (Phi) is 5.45. The zero-order valence-corrected chi connectivity index (χ0v) is 18.5. The Morgan fingerprint density at radius 2 is 2.06 bits per heavy atom. The zero-order chi connectivity index (χ0) is 22.1. The van der Waals surface area contributed by atoms with E-state index in [1.54, 1.807) is 36.3 Å². The van der Waals surface area contributed by atoms with Gasteiger partial charge in [0.1, 0.15) is 0 Å². The van der Waals surface area contributed by atoms with E-state index < -0.39 is 0 Å². The fourth-order valence-corrected chi connectivity index (χ4v) is 5.55. The molecule has 1 unspecified atom stereocenters. The van der Waals surface area contributed by atoms with Crippen LogP contribution in [-0.4, -0.2) is 51.1 Å². The van der Waals surface area contributed by atoms with Gasteiger partial charge in [-0.25, -0.2) is 9.67 Å². The molecule has 3 aromatic heterocycles. The molecule has 1 aliphatic rings. The summed E-state index contributed by atoms with van der Waals surface area (Å²) in [7, 11) is 1.65. The van der Waals surface area contributed by atoms with Gasteiger partial charge in [-0.2, -0.15) is 5.10 Å². The Bertz CT molecular complexity index is 1260. The average Bonchev–Trinajstić information content (AvgIpc) is 3.59. The molecule has 162 valence electrons. The largest absolute Gasteiger partial charge is 0.354 e. The molecule has 0 radical (unpaired) electrons. The summed E-state index contributed by atoms with van der Waals surface area (Å²) >= 11 is 1.51. The van der Waals surface area contributed by atoms with Crippen LogP contribution in [0.15, 0.2) is 61.1 Å². The second-order valence-electron chi connectivity index (χ2n) is 7.84. The maximum atomic E-state index is 13.3. The number of nitrogens with one attached hydrogen (secondary N) is 1. The van der Waals surface area contributed by atoms with E-state index >= 15 is 0 Å². The molecule has 1 saturated heterocycles. The van der Waals surface area contributed by atoms with Gasteiger partial charge in [-0.15, -0.1) is 11.3 Å². The van der Waals surface area contributed by atoms with Crippen molar-refractivity contribution in [3.05, 3.63) is 77.1 Å². The number of amides is 2. The summed E-state index contributed by atoms with van der Waals surface area (Å²) in [6, 6.07) is 13.6. The number of fused-ring (bicyclic) bond motifs is 1. The minimum Gasteiger partial charge on any atom is -0.354 e. The molecule has 1 aliphatic heterocycles. The van der Waals surface area contributed by atoms with Gasteiger partial charge in [-0.05, 0) is 54.5 Å². The first-order valence-corrected chi connectivity index (χ1v) is 11.5. The van der Waals surface area contributed by atoms with Crippen molar-refractivity contribution in [3.63, 3.8) is 0 Å². The molecular weight excluding hydrogens is 422 g/mol. The van der Waals surface area contributed by atoms with Crippen LogP contribution in [0.1, 0.15) is 38.4 Å². The highest BCUT2D eigenvalue weighted by Crippen LogP contribution is 2.34. The first-order chi connectivity index (χ1) is 15.7. The fraction of sp³-hybridized carbons (Fsp3) is 0.250. The first kappa shape index (κ1) is 20.4. The Hall–Kier alpha value is -3.52. The van der Waals surface area contributed by atoms with Gasteiger partial charge in [-0.3, -0.25) is 9.59 Å². The number of thiophene rings is 1. The second kappa shape index (κ2) is 8.55. The number of carbonyl (C=O) groups is 2. The molecular formula is C24H23N5O2S. The molecule has 5 rings (SSSR count). The number of aromatic nitrogens is 3. The van der Waals surface area contributed by atoms with Gasteiger partial charge in [0.2, 0.25) is 0 Å². The van der Waals surface area contributed by atoms with Crippen molar-refractivity contribution >= 4 is 33.2 Å². The summed E-state index contributed by atoms with van der Waals surface area (Å²) in [6.45, 7) is 0.710. The molecule has 32 heavy (non-hydrogen) atoms. The highest BCUT2D eigenvalue weighted by atomic mass is 32.1. The lowest BCUT2D eigenvalue weighted by Gasteiger charge is -2.25. The third kappa shape index (κ3) is 3.67. The summed E-state index contributed by atoms with van der Waals surface area (Å²) in [6.07, 6.45) is 7.66. The van der Waals surface area contributed by atoms with E-state index in [2.05, 4.69) is 21.5 Å². The fourth-order valence-electron chi connectivity index (χ4n) is 4.37. The smallest absolute Gasteiger partial charge is 0.261 e. The van der Waals surface area contributed by atoms with Crippen molar-refractivity contribution in [1.82, 2.24) is 25.0 Å². The van der Waals surface area contributed by atoms with E-state index in [0.717, 1.165) is 33.4 Å².